The summed E-state index contributed by atoms with van der Waals surface area (Å²) in [4.78, 5) is 4.24. The van der Waals surface area contributed by atoms with Crippen LogP contribution in [0.1, 0.15) is 33.3 Å². The van der Waals surface area contributed by atoms with E-state index in [1.54, 1.807) is 14.2 Å². The van der Waals surface area contributed by atoms with Crippen molar-refractivity contribution in [1.29, 1.82) is 0 Å². The molecule has 1 aromatic rings. The Kier molecular flexibility index (Phi) is 11.0. The van der Waals surface area contributed by atoms with Gasteiger partial charge in [-0.1, -0.05) is 32.0 Å². The predicted molar refractivity (Wildman–Crippen MR) is 111 cm³/mol. The summed E-state index contributed by atoms with van der Waals surface area (Å²) in [6.07, 6.45) is 0. The van der Waals surface area contributed by atoms with Gasteiger partial charge < -0.3 is 20.1 Å². The van der Waals surface area contributed by atoms with E-state index < -0.39 is 0 Å². The fourth-order valence-electron chi connectivity index (χ4n) is 1.82. The second kappa shape index (κ2) is 11.5. The minimum atomic E-state index is -0.240. The molecule has 24 heavy (non-hydrogen) atoms. The standard InChI is InChI=1S/C18H31N3O2.HI/c1-14(2)12-23-16-10-8-7-9-15(16)11-20-17(19-5)21-13-18(3,4)22-6;/h7-10,14H,11-13H2,1-6H3,(H2,19,20,21);1H. The molecule has 0 unspecified atom stereocenters. The highest BCUT2D eigenvalue weighted by atomic mass is 127. The predicted octanol–water partition coefficient (Wildman–Crippen LogP) is 3.43. The van der Waals surface area contributed by atoms with Gasteiger partial charge in [-0.2, -0.15) is 0 Å². The molecule has 0 bridgehead atoms. The van der Waals surface area contributed by atoms with Crippen molar-refractivity contribution < 1.29 is 9.47 Å². The average molecular weight is 449 g/mol. The Morgan fingerprint density at radius 2 is 1.88 bits per heavy atom. The molecular weight excluding hydrogens is 417 g/mol. The first kappa shape index (κ1) is 23.0. The van der Waals surface area contributed by atoms with Crippen LogP contribution in [-0.2, 0) is 11.3 Å². The molecule has 138 valence electrons. The van der Waals surface area contributed by atoms with Gasteiger partial charge in [0.25, 0.3) is 0 Å². The summed E-state index contributed by atoms with van der Waals surface area (Å²) in [7, 11) is 3.47. The normalized spacial score (nSPS) is 11.9. The van der Waals surface area contributed by atoms with Gasteiger partial charge in [0.2, 0.25) is 0 Å². The van der Waals surface area contributed by atoms with E-state index in [0.29, 0.717) is 25.6 Å². The van der Waals surface area contributed by atoms with E-state index in [9.17, 15) is 0 Å². The van der Waals surface area contributed by atoms with Crippen LogP contribution in [0.3, 0.4) is 0 Å². The summed E-state index contributed by atoms with van der Waals surface area (Å²) in [6.45, 7) is 10.4. The fourth-order valence-corrected chi connectivity index (χ4v) is 1.82. The lowest BCUT2D eigenvalue weighted by atomic mass is 10.1. The lowest BCUT2D eigenvalue weighted by molar-refractivity contribution is 0.0268. The minimum absolute atomic E-state index is 0. The van der Waals surface area contributed by atoms with Crippen LogP contribution in [0, 0.1) is 5.92 Å². The number of nitrogens with one attached hydrogen (secondary N) is 2. The average Bonchev–Trinajstić information content (AvgIpc) is 2.53. The third-order valence-corrected chi connectivity index (χ3v) is 3.45. The van der Waals surface area contributed by atoms with Crippen LogP contribution in [0.15, 0.2) is 29.3 Å². The smallest absolute Gasteiger partial charge is 0.191 e. The monoisotopic (exact) mass is 449 g/mol. The molecule has 6 heteroatoms. The summed E-state index contributed by atoms with van der Waals surface area (Å²) in [6, 6.07) is 8.08. The number of rotatable bonds is 8. The van der Waals surface area contributed by atoms with Gasteiger partial charge in [0, 0.05) is 32.8 Å². The van der Waals surface area contributed by atoms with Crippen molar-refractivity contribution in [2.24, 2.45) is 10.9 Å². The molecule has 0 fully saturated rings. The summed E-state index contributed by atoms with van der Waals surface area (Å²) in [5.74, 6) is 2.16. The summed E-state index contributed by atoms with van der Waals surface area (Å²) < 4.78 is 11.3. The quantitative estimate of drug-likeness (QED) is 0.363. The van der Waals surface area contributed by atoms with E-state index in [-0.39, 0.29) is 29.6 Å². The maximum Gasteiger partial charge on any atom is 0.191 e. The van der Waals surface area contributed by atoms with E-state index in [4.69, 9.17) is 9.47 Å². The van der Waals surface area contributed by atoms with Gasteiger partial charge in [-0.05, 0) is 25.8 Å². The Labute approximate surface area is 163 Å². The highest BCUT2D eigenvalue weighted by Gasteiger charge is 2.16. The number of para-hydroxylation sites is 1. The SMILES string of the molecule is CN=C(NCc1ccccc1OCC(C)C)NCC(C)(C)OC.I. The molecule has 0 radical (unpaired) electrons. The Balaban J connectivity index is 0.00000529. The maximum absolute atomic E-state index is 5.88. The van der Waals surface area contributed by atoms with Gasteiger partial charge >= 0.3 is 0 Å². The van der Waals surface area contributed by atoms with Gasteiger partial charge in [-0.15, -0.1) is 24.0 Å². The molecule has 0 aliphatic heterocycles. The molecule has 0 amide bonds. The second-order valence-electron chi connectivity index (χ2n) is 6.56. The first-order chi connectivity index (χ1) is 10.9. The number of aliphatic imine (C=N–C) groups is 1. The second-order valence-corrected chi connectivity index (χ2v) is 6.56. The third-order valence-electron chi connectivity index (χ3n) is 3.45. The molecule has 1 aromatic carbocycles. The molecule has 0 saturated carbocycles. The van der Waals surface area contributed by atoms with Crippen molar-refractivity contribution in [1.82, 2.24) is 10.6 Å². The van der Waals surface area contributed by atoms with Crippen molar-refractivity contribution >= 4 is 29.9 Å². The first-order valence-electron chi connectivity index (χ1n) is 8.08. The van der Waals surface area contributed by atoms with Gasteiger partial charge in [-0.3, -0.25) is 4.99 Å². The molecule has 5 nitrogen and oxygen atoms in total. The zero-order valence-corrected chi connectivity index (χ0v) is 18.0. The lowest BCUT2D eigenvalue weighted by Crippen LogP contribution is -2.45. The molecule has 0 atom stereocenters. The molecule has 1 rings (SSSR count). The number of halogens is 1. The molecule has 0 spiro atoms. The summed E-state index contributed by atoms with van der Waals surface area (Å²) in [5, 5.41) is 6.59. The van der Waals surface area contributed by atoms with Gasteiger partial charge in [-0.25, -0.2) is 0 Å². The van der Waals surface area contributed by atoms with Gasteiger partial charge in [0.1, 0.15) is 5.75 Å². The lowest BCUT2D eigenvalue weighted by Gasteiger charge is -2.24. The first-order valence-corrected chi connectivity index (χ1v) is 8.08. The van der Waals surface area contributed by atoms with Crippen LogP contribution >= 0.6 is 24.0 Å². The fraction of sp³-hybridized carbons (Fsp3) is 0.611. The van der Waals surface area contributed by atoms with Crippen LogP contribution in [0.5, 0.6) is 5.75 Å². The van der Waals surface area contributed by atoms with E-state index in [1.165, 1.54) is 0 Å². The molecule has 2 N–H and O–H groups in total. The van der Waals surface area contributed by atoms with Crippen LogP contribution in [-0.4, -0.2) is 38.9 Å². The molecular formula is C18H32IN3O2. The number of nitrogens with zero attached hydrogens (tertiary/aromatic N) is 1. The van der Waals surface area contributed by atoms with Crippen molar-refractivity contribution in [2.45, 2.75) is 39.8 Å². The van der Waals surface area contributed by atoms with Crippen molar-refractivity contribution in [3.63, 3.8) is 0 Å². The Bertz CT molecular complexity index is 505. The summed E-state index contributed by atoms with van der Waals surface area (Å²) in [5.41, 5.74) is 0.873. The van der Waals surface area contributed by atoms with Gasteiger partial charge in [0.15, 0.2) is 5.96 Å². The van der Waals surface area contributed by atoms with Crippen molar-refractivity contribution in [3.05, 3.63) is 29.8 Å². The number of benzene rings is 1. The van der Waals surface area contributed by atoms with E-state index in [0.717, 1.165) is 17.3 Å². The third kappa shape index (κ3) is 8.73. The van der Waals surface area contributed by atoms with Crippen LogP contribution in [0.2, 0.25) is 0 Å². The summed E-state index contributed by atoms with van der Waals surface area (Å²) >= 11 is 0. The van der Waals surface area contributed by atoms with E-state index >= 15 is 0 Å². The molecule has 0 saturated heterocycles. The number of methoxy groups -OCH3 is 1. The van der Waals surface area contributed by atoms with Crippen molar-refractivity contribution in [3.8, 4) is 5.75 Å². The maximum atomic E-state index is 5.88. The highest BCUT2D eigenvalue weighted by molar-refractivity contribution is 14.0. The van der Waals surface area contributed by atoms with Crippen LogP contribution in [0.4, 0.5) is 0 Å². The molecule has 0 heterocycles. The zero-order chi connectivity index (χ0) is 17.3. The van der Waals surface area contributed by atoms with Crippen LogP contribution < -0.4 is 15.4 Å². The number of hydrogen-bond donors (Lipinski definition) is 2. The Hall–Kier alpha value is -1.02. The van der Waals surface area contributed by atoms with E-state index in [1.807, 2.05) is 32.0 Å². The highest BCUT2D eigenvalue weighted by Crippen LogP contribution is 2.18. The van der Waals surface area contributed by atoms with Crippen molar-refractivity contribution in [2.75, 3.05) is 27.3 Å². The molecule has 0 aliphatic rings. The number of ether oxygens (including phenoxy) is 2. The topological polar surface area (TPSA) is 54.9 Å². The molecule has 0 aliphatic carbocycles. The van der Waals surface area contributed by atoms with Crippen LogP contribution in [0.25, 0.3) is 0 Å². The zero-order valence-electron chi connectivity index (χ0n) is 15.7. The Morgan fingerprint density at radius 1 is 1.21 bits per heavy atom. The minimum Gasteiger partial charge on any atom is -0.493 e. The largest absolute Gasteiger partial charge is 0.493 e. The number of hydrogen-bond acceptors (Lipinski definition) is 3. The number of guanidine groups is 1. The Morgan fingerprint density at radius 3 is 2.46 bits per heavy atom. The van der Waals surface area contributed by atoms with E-state index in [2.05, 4.69) is 35.5 Å². The molecule has 0 aromatic heterocycles. The van der Waals surface area contributed by atoms with Gasteiger partial charge in [0.05, 0.1) is 12.2 Å².